The van der Waals surface area contributed by atoms with Gasteiger partial charge in [0.1, 0.15) is 16.4 Å². The van der Waals surface area contributed by atoms with Gasteiger partial charge in [0.2, 0.25) is 0 Å². The smallest absolute Gasteiger partial charge is 0.262 e. The summed E-state index contributed by atoms with van der Waals surface area (Å²) in [5.74, 6) is 0.942. The van der Waals surface area contributed by atoms with Crippen molar-refractivity contribution in [3.63, 3.8) is 0 Å². The molecule has 0 aliphatic carbocycles. The zero-order valence-electron chi connectivity index (χ0n) is 16.7. The second-order valence-corrected chi connectivity index (χ2v) is 8.74. The number of rotatable bonds is 4. The van der Waals surface area contributed by atoms with E-state index in [1.807, 2.05) is 47.9 Å². The van der Waals surface area contributed by atoms with Crippen molar-refractivity contribution in [2.75, 3.05) is 6.61 Å². The predicted molar refractivity (Wildman–Crippen MR) is 119 cm³/mol. The van der Waals surface area contributed by atoms with Gasteiger partial charge < -0.3 is 9.84 Å². The molecular weight excluding hydrogens is 396 g/mol. The molecule has 5 rings (SSSR count). The first-order valence-electron chi connectivity index (χ1n) is 10.1. The third-order valence-electron chi connectivity index (χ3n) is 5.59. The van der Waals surface area contributed by atoms with Crippen LogP contribution in [0.3, 0.4) is 0 Å². The van der Waals surface area contributed by atoms with Crippen molar-refractivity contribution in [1.82, 2.24) is 9.55 Å². The molecule has 1 aliphatic heterocycles. The summed E-state index contributed by atoms with van der Waals surface area (Å²) in [4.78, 5) is 20.5. The Morgan fingerprint density at radius 2 is 1.90 bits per heavy atom. The number of nitrogens with zero attached hydrogens (tertiary/aromatic N) is 2. The maximum atomic E-state index is 13.6. The average molecular weight is 419 g/mol. The number of thiophene rings is 1. The second kappa shape index (κ2) is 7.70. The minimum absolute atomic E-state index is 0.0220. The van der Waals surface area contributed by atoms with Crippen LogP contribution in [0.15, 0.2) is 53.3 Å². The molecular formula is C24H22N2O3S. The normalized spacial score (nSPS) is 13.5. The number of aromatic nitrogens is 2. The van der Waals surface area contributed by atoms with E-state index in [0.29, 0.717) is 32.0 Å². The first-order valence-corrected chi connectivity index (χ1v) is 10.9. The van der Waals surface area contributed by atoms with E-state index in [1.54, 1.807) is 23.5 Å². The molecule has 4 aromatic rings. The van der Waals surface area contributed by atoms with Gasteiger partial charge in [-0.15, -0.1) is 11.3 Å². The largest absolute Gasteiger partial charge is 0.508 e. The highest BCUT2D eigenvalue weighted by Gasteiger charge is 2.22. The summed E-state index contributed by atoms with van der Waals surface area (Å²) in [5, 5.41) is 10.3. The molecule has 0 radical (unpaired) electrons. The molecule has 30 heavy (non-hydrogen) atoms. The van der Waals surface area contributed by atoms with Crippen molar-refractivity contribution in [2.45, 2.75) is 32.9 Å². The summed E-state index contributed by atoms with van der Waals surface area (Å²) in [6.07, 6.45) is 1.44. The molecule has 152 valence electrons. The summed E-state index contributed by atoms with van der Waals surface area (Å²) >= 11 is 1.57. The van der Waals surface area contributed by atoms with Gasteiger partial charge in [0.05, 0.1) is 18.6 Å². The summed E-state index contributed by atoms with van der Waals surface area (Å²) in [6.45, 7) is 3.77. The highest BCUT2D eigenvalue weighted by Crippen LogP contribution is 2.33. The summed E-state index contributed by atoms with van der Waals surface area (Å²) in [5.41, 5.74) is 4.30. The molecule has 5 nitrogen and oxygen atoms in total. The van der Waals surface area contributed by atoms with Crippen LogP contribution in [-0.4, -0.2) is 21.3 Å². The fraction of sp³-hybridized carbons (Fsp3) is 0.250. The minimum Gasteiger partial charge on any atom is -0.508 e. The Labute approximate surface area is 178 Å². The summed E-state index contributed by atoms with van der Waals surface area (Å²) in [6, 6.07) is 15.3. The van der Waals surface area contributed by atoms with Crippen molar-refractivity contribution in [1.29, 1.82) is 0 Å². The zero-order valence-corrected chi connectivity index (χ0v) is 17.5. The lowest BCUT2D eigenvalue weighted by Crippen LogP contribution is -2.25. The Morgan fingerprint density at radius 3 is 2.67 bits per heavy atom. The van der Waals surface area contributed by atoms with E-state index in [9.17, 15) is 9.90 Å². The predicted octanol–water partition coefficient (Wildman–Crippen LogP) is 4.45. The van der Waals surface area contributed by atoms with E-state index in [1.165, 1.54) is 5.56 Å². The molecule has 6 heteroatoms. The lowest BCUT2D eigenvalue weighted by molar-refractivity contribution is 0.114. The van der Waals surface area contributed by atoms with Crippen LogP contribution in [0.2, 0.25) is 0 Å². The fourth-order valence-electron chi connectivity index (χ4n) is 3.94. The van der Waals surface area contributed by atoms with E-state index in [2.05, 4.69) is 0 Å². The molecule has 0 bridgehead atoms. The number of fused-ring (bicyclic) bond motifs is 3. The van der Waals surface area contributed by atoms with Crippen LogP contribution in [0, 0.1) is 6.92 Å². The number of aryl methyl sites for hydroxylation is 2. The Bertz CT molecular complexity index is 1270. The fourth-order valence-corrected chi connectivity index (χ4v) is 5.09. The van der Waals surface area contributed by atoms with Gasteiger partial charge in [-0.25, -0.2) is 4.98 Å². The van der Waals surface area contributed by atoms with Gasteiger partial charge in [-0.05, 0) is 43.0 Å². The van der Waals surface area contributed by atoms with E-state index >= 15 is 0 Å². The molecule has 0 fully saturated rings. The highest BCUT2D eigenvalue weighted by atomic mass is 32.1. The molecule has 0 unspecified atom stereocenters. The molecule has 1 N–H and O–H groups in total. The topological polar surface area (TPSA) is 64.4 Å². The van der Waals surface area contributed by atoms with Gasteiger partial charge in [-0.2, -0.15) is 0 Å². The monoisotopic (exact) mass is 418 g/mol. The zero-order chi connectivity index (χ0) is 20.7. The van der Waals surface area contributed by atoms with E-state index in [0.717, 1.165) is 38.2 Å². The van der Waals surface area contributed by atoms with Crippen LogP contribution >= 0.6 is 11.3 Å². The minimum atomic E-state index is 0.0220. The van der Waals surface area contributed by atoms with E-state index in [4.69, 9.17) is 9.72 Å². The van der Waals surface area contributed by atoms with E-state index in [-0.39, 0.29) is 11.3 Å². The molecule has 3 heterocycles. The number of ether oxygens (including phenoxy) is 1. The molecule has 0 saturated carbocycles. The van der Waals surface area contributed by atoms with Crippen molar-refractivity contribution < 1.29 is 9.84 Å². The van der Waals surface area contributed by atoms with Crippen LogP contribution in [0.25, 0.3) is 21.6 Å². The molecule has 0 spiro atoms. The van der Waals surface area contributed by atoms with Gasteiger partial charge in [-0.1, -0.05) is 42.0 Å². The maximum Gasteiger partial charge on any atom is 0.262 e. The number of hydrogen-bond donors (Lipinski definition) is 1. The summed E-state index contributed by atoms with van der Waals surface area (Å²) < 4.78 is 7.40. The molecule has 0 atom stereocenters. The average Bonchev–Trinajstić information content (AvgIpc) is 3.13. The van der Waals surface area contributed by atoms with Crippen LogP contribution in [0.4, 0.5) is 0 Å². The third kappa shape index (κ3) is 3.42. The number of phenolic OH excluding ortho intramolecular Hbond substituents is 1. The lowest BCUT2D eigenvalue weighted by atomic mass is 10.1. The molecule has 2 aromatic carbocycles. The van der Waals surface area contributed by atoms with Gasteiger partial charge in [-0.3, -0.25) is 9.36 Å². The van der Waals surface area contributed by atoms with Crippen LogP contribution in [0.1, 0.15) is 21.6 Å². The second-order valence-electron chi connectivity index (χ2n) is 7.66. The van der Waals surface area contributed by atoms with Gasteiger partial charge >= 0.3 is 0 Å². The quantitative estimate of drug-likeness (QED) is 0.532. The van der Waals surface area contributed by atoms with E-state index < -0.39 is 0 Å². The number of aromatic hydroxyl groups is 1. The molecule has 0 amide bonds. The highest BCUT2D eigenvalue weighted by molar-refractivity contribution is 7.18. The Balaban J connectivity index is 1.65. The van der Waals surface area contributed by atoms with Gasteiger partial charge in [0.15, 0.2) is 0 Å². The number of phenols is 1. The standard InChI is InChI=1S/C24H22N2O3S/c1-15-2-6-17(7-3-15)22-25-23-21(19-11-13-29-14-20(19)30-23)24(28)26(22)12-10-16-4-8-18(27)9-5-16/h2-9,27H,10-14H2,1H3. The SMILES string of the molecule is Cc1ccc(-c2nc3sc4c(c3c(=O)n2CCc2ccc(O)cc2)CCOC4)cc1. The molecule has 1 aliphatic rings. The Kier molecular flexibility index (Phi) is 4.89. The first-order chi connectivity index (χ1) is 14.6. The first kappa shape index (κ1) is 19.0. The Morgan fingerprint density at radius 1 is 1.13 bits per heavy atom. The van der Waals surface area contributed by atoms with Gasteiger partial charge in [0.25, 0.3) is 5.56 Å². The number of benzene rings is 2. The van der Waals surface area contributed by atoms with Crippen LogP contribution in [0.5, 0.6) is 5.75 Å². The molecule has 0 saturated heterocycles. The van der Waals surface area contributed by atoms with Crippen molar-refractivity contribution in [2.24, 2.45) is 0 Å². The van der Waals surface area contributed by atoms with Gasteiger partial charge in [0, 0.05) is 17.0 Å². The van der Waals surface area contributed by atoms with Crippen molar-refractivity contribution in [3.05, 3.63) is 80.5 Å². The lowest BCUT2D eigenvalue weighted by Gasteiger charge is -2.14. The van der Waals surface area contributed by atoms with Crippen LogP contribution < -0.4 is 5.56 Å². The van der Waals surface area contributed by atoms with Crippen molar-refractivity contribution >= 4 is 21.6 Å². The summed E-state index contributed by atoms with van der Waals surface area (Å²) in [7, 11) is 0. The number of hydrogen-bond acceptors (Lipinski definition) is 5. The molecule has 2 aromatic heterocycles. The maximum absolute atomic E-state index is 13.6. The van der Waals surface area contributed by atoms with Crippen LogP contribution in [-0.2, 0) is 30.7 Å². The Hall–Kier alpha value is -2.96. The third-order valence-corrected chi connectivity index (χ3v) is 6.69. The van der Waals surface area contributed by atoms with Crippen molar-refractivity contribution in [3.8, 4) is 17.1 Å².